The lowest BCUT2D eigenvalue weighted by Crippen LogP contribution is -2.42. The number of aliphatic hydroxyl groups is 1. The molecule has 0 bridgehead atoms. The van der Waals surface area contributed by atoms with E-state index < -0.39 is 0 Å². The second kappa shape index (κ2) is 12.8. The lowest BCUT2D eigenvalue weighted by Gasteiger charge is -2.28. The molecular formula is C25H35N3O6. The van der Waals surface area contributed by atoms with E-state index in [0.717, 1.165) is 17.6 Å². The number of anilines is 1. The average Bonchev–Trinajstić information content (AvgIpc) is 2.85. The van der Waals surface area contributed by atoms with Gasteiger partial charge in [-0.15, -0.1) is 0 Å². The van der Waals surface area contributed by atoms with Gasteiger partial charge in [0.2, 0.25) is 0 Å². The van der Waals surface area contributed by atoms with Crippen molar-refractivity contribution < 1.29 is 28.9 Å². The topological polar surface area (TPSA) is 109 Å². The highest BCUT2D eigenvalue weighted by molar-refractivity contribution is 6.26. The Balaban J connectivity index is 1.67. The summed E-state index contributed by atoms with van der Waals surface area (Å²) in [7, 11) is 1.86. The first-order valence-corrected chi connectivity index (χ1v) is 11.7. The molecule has 186 valence electrons. The molecule has 0 aromatic heterocycles. The van der Waals surface area contributed by atoms with Gasteiger partial charge in [0, 0.05) is 40.2 Å². The lowest BCUT2D eigenvalue weighted by molar-refractivity contribution is 0.0221. The minimum atomic E-state index is -0.317. The fourth-order valence-electron chi connectivity index (χ4n) is 3.80. The van der Waals surface area contributed by atoms with E-state index in [-0.39, 0.29) is 43.7 Å². The molecule has 3 N–H and O–H groups in total. The summed E-state index contributed by atoms with van der Waals surface area (Å²) in [5.74, 6) is -0.635. The average molecular weight is 474 g/mol. The van der Waals surface area contributed by atoms with Crippen LogP contribution in [0.25, 0.3) is 10.8 Å². The molecule has 0 aliphatic carbocycles. The molecule has 34 heavy (non-hydrogen) atoms. The third-order valence-corrected chi connectivity index (χ3v) is 5.61. The summed E-state index contributed by atoms with van der Waals surface area (Å²) < 4.78 is 16.6. The number of hydrogen-bond donors (Lipinski definition) is 3. The number of carbonyl (C=O) groups is 2. The molecule has 2 aromatic rings. The van der Waals surface area contributed by atoms with Gasteiger partial charge in [-0.05, 0) is 39.1 Å². The van der Waals surface area contributed by atoms with E-state index in [1.165, 1.54) is 4.90 Å². The molecule has 0 fully saturated rings. The second-order valence-corrected chi connectivity index (χ2v) is 8.35. The van der Waals surface area contributed by atoms with Crippen molar-refractivity contribution in [3.63, 3.8) is 0 Å². The maximum absolute atomic E-state index is 13.1. The maximum Gasteiger partial charge on any atom is 0.261 e. The van der Waals surface area contributed by atoms with Gasteiger partial charge in [-0.1, -0.05) is 12.1 Å². The minimum Gasteiger partial charge on any atom is -0.394 e. The number of benzene rings is 2. The second-order valence-electron chi connectivity index (χ2n) is 8.35. The largest absolute Gasteiger partial charge is 0.394 e. The van der Waals surface area contributed by atoms with Crippen molar-refractivity contribution in [1.29, 1.82) is 0 Å². The predicted octanol–water partition coefficient (Wildman–Crippen LogP) is 1.89. The van der Waals surface area contributed by atoms with Crippen LogP contribution in [0.15, 0.2) is 30.3 Å². The standard InChI is InChI=1S/C25H35N3O6/c1-17(16-34-18(2)15-29)27-22-8-7-21-23-19(22)5-4-6-20(23)24(30)28(25(21)31)10-12-33-14-13-32-11-9-26-3/h4-8,17-18,26-27,29H,9-16H2,1-3H3. The van der Waals surface area contributed by atoms with E-state index in [1.54, 1.807) is 12.1 Å². The summed E-state index contributed by atoms with van der Waals surface area (Å²) in [6, 6.07) is 9.07. The summed E-state index contributed by atoms with van der Waals surface area (Å²) in [6.45, 7) is 6.84. The third-order valence-electron chi connectivity index (χ3n) is 5.61. The van der Waals surface area contributed by atoms with Gasteiger partial charge in [-0.25, -0.2) is 0 Å². The zero-order chi connectivity index (χ0) is 24.5. The van der Waals surface area contributed by atoms with Crippen LogP contribution < -0.4 is 10.6 Å². The van der Waals surface area contributed by atoms with Crippen LogP contribution in [0.3, 0.4) is 0 Å². The first-order chi connectivity index (χ1) is 16.5. The zero-order valence-electron chi connectivity index (χ0n) is 20.1. The molecule has 0 saturated heterocycles. The van der Waals surface area contributed by atoms with Gasteiger partial charge >= 0.3 is 0 Å². The molecule has 0 radical (unpaired) electrons. The van der Waals surface area contributed by atoms with Gasteiger partial charge in [-0.3, -0.25) is 14.5 Å². The van der Waals surface area contributed by atoms with Crippen molar-refractivity contribution in [3.8, 4) is 0 Å². The summed E-state index contributed by atoms with van der Waals surface area (Å²) >= 11 is 0. The van der Waals surface area contributed by atoms with Gasteiger partial charge in [0.25, 0.3) is 11.8 Å². The molecule has 3 rings (SSSR count). The van der Waals surface area contributed by atoms with Gasteiger partial charge in [0.15, 0.2) is 0 Å². The number of ether oxygens (including phenoxy) is 3. The monoisotopic (exact) mass is 473 g/mol. The van der Waals surface area contributed by atoms with Crippen molar-refractivity contribution >= 4 is 28.3 Å². The van der Waals surface area contributed by atoms with Crippen molar-refractivity contribution in [2.75, 3.05) is 65.1 Å². The molecule has 0 spiro atoms. The van der Waals surface area contributed by atoms with E-state index in [2.05, 4.69) is 10.6 Å². The molecule has 1 heterocycles. The van der Waals surface area contributed by atoms with Crippen molar-refractivity contribution in [2.45, 2.75) is 26.0 Å². The number of amides is 2. The Hall–Kier alpha value is -2.56. The molecule has 2 aromatic carbocycles. The van der Waals surface area contributed by atoms with Crippen LogP contribution in [0.2, 0.25) is 0 Å². The fraction of sp³-hybridized carbons (Fsp3) is 0.520. The number of imide groups is 1. The van der Waals surface area contributed by atoms with E-state index in [9.17, 15) is 9.59 Å². The zero-order valence-corrected chi connectivity index (χ0v) is 20.1. The number of aliphatic hydroxyl groups excluding tert-OH is 1. The van der Waals surface area contributed by atoms with Crippen LogP contribution in [-0.2, 0) is 14.2 Å². The summed E-state index contributed by atoms with van der Waals surface area (Å²) in [6.07, 6.45) is -0.239. The molecule has 1 aliphatic rings. The molecule has 2 unspecified atom stereocenters. The van der Waals surface area contributed by atoms with Crippen LogP contribution >= 0.6 is 0 Å². The van der Waals surface area contributed by atoms with E-state index in [1.807, 2.05) is 39.1 Å². The number of hydrogen-bond acceptors (Lipinski definition) is 8. The summed E-state index contributed by atoms with van der Waals surface area (Å²) in [5, 5.41) is 17.0. The Labute approximate surface area is 200 Å². The quantitative estimate of drug-likeness (QED) is 0.266. The number of rotatable bonds is 15. The van der Waals surface area contributed by atoms with Crippen LogP contribution in [0.5, 0.6) is 0 Å². The first kappa shape index (κ1) is 26.1. The Morgan fingerprint density at radius 3 is 2.38 bits per heavy atom. The Kier molecular flexibility index (Phi) is 9.79. The van der Waals surface area contributed by atoms with Gasteiger partial charge in [-0.2, -0.15) is 0 Å². The molecule has 1 aliphatic heterocycles. The van der Waals surface area contributed by atoms with E-state index in [4.69, 9.17) is 19.3 Å². The van der Waals surface area contributed by atoms with Crippen molar-refractivity contribution in [1.82, 2.24) is 10.2 Å². The Morgan fingerprint density at radius 2 is 1.68 bits per heavy atom. The molecule has 2 atom stereocenters. The van der Waals surface area contributed by atoms with E-state index in [0.29, 0.717) is 42.9 Å². The normalized spacial score (nSPS) is 15.1. The van der Waals surface area contributed by atoms with Crippen LogP contribution in [0.4, 0.5) is 5.69 Å². The SMILES string of the molecule is CNCCOCCOCCN1C(=O)c2cccc3c(NC(C)COC(C)CO)ccc(c23)C1=O. The highest BCUT2D eigenvalue weighted by atomic mass is 16.5. The third kappa shape index (κ3) is 6.31. The molecular weight excluding hydrogens is 438 g/mol. The maximum atomic E-state index is 13.1. The lowest BCUT2D eigenvalue weighted by atomic mass is 9.93. The predicted molar refractivity (Wildman–Crippen MR) is 130 cm³/mol. The highest BCUT2D eigenvalue weighted by Gasteiger charge is 2.33. The van der Waals surface area contributed by atoms with Crippen LogP contribution in [-0.4, -0.2) is 93.7 Å². The van der Waals surface area contributed by atoms with Crippen LogP contribution in [0.1, 0.15) is 34.6 Å². The minimum absolute atomic E-state index is 0.0306. The van der Waals surface area contributed by atoms with Gasteiger partial charge in [0.1, 0.15) is 0 Å². The number of carbonyl (C=O) groups excluding carboxylic acids is 2. The first-order valence-electron chi connectivity index (χ1n) is 11.7. The Morgan fingerprint density at radius 1 is 0.971 bits per heavy atom. The number of likely N-dealkylation sites (N-methyl/N-ethyl adjacent to an activating group) is 1. The van der Waals surface area contributed by atoms with Crippen molar-refractivity contribution in [3.05, 3.63) is 41.5 Å². The Bertz CT molecular complexity index is 960. The number of nitrogens with one attached hydrogen (secondary N) is 2. The smallest absolute Gasteiger partial charge is 0.261 e. The molecule has 0 saturated carbocycles. The number of nitrogens with zero attached hydrogens (tertiary/aromatic N) is 1. The van der Waals surface area contributed by atoms with E-state index >= 15 is 0 Å². The summed E-state index contributed by atoms with van der Waals surface area (Å²) in [5.41, 5.74) is 1.83. The molecule has 2 amide bonds. The van der Waals surface area contributed by atoms with Crippen LogP contribution in [0, 0.1) is 0 Å². The van der Waals surface area contributed by atoms with Crippen molar-refractivity contribution in [2.24, 2.45) is 0 Å². The highest BCUT2D eigenvalue weighted by Crippen LogP contribution is 2.34. The fourth-order valence-corrected chi connectivity index (χ4v) is 3.80. The molecule has 9 heteroatoms. The summed E-state index contributed by atoms with van der Waals surface area (Å²) in [4.78, 5) is 27.5. The van der Waals surface area contributed by atoms with Gasteiger partial charge in [0.05, 0.1) is 52.3 Å². The molecule has 9 nitrogen and oxygen atoms in total. The van der Waals surface area contributed by atoms with Gasteiger partial charge < -0.3 is 30.0 Å².